The summed E-state index contributed by atoms with van der Waals surface area (Å²) in [5.74, 6) is -1.90. The summed E-state index contributed by atoms with van der Waals surface area (Å²) in [4.78, 5) is 54.9. The highest BCUT2D eigenvalue weighted by atomic mass is 16.2. The highest BCUT2D eigenvalue weighted by Crippen LogP contribution is 2.32. The van der Waals surface area contributed by atoms with Crippen molar-refractivity contribution >= 4 is 40.7 Å². The first-order valence-electron chi connectivity index (χ1n) is 15.0. The highest BCUT2D eigenvalue weighted by Gasteiger charge is 2.37. The molecule has 7 heteroatoms. The molecule has 1 aliphatic rings. The van der Waals surface area contributed by atoms with Crippen molar-refractivity contribution in [2.75, 3.05) is 15.5 Å². The van der Waals surface area contributed by atoms with Gasteiger partial charge in [0.2, 0.25) is 0 Å². The first kappa shape index (κ1) is 29.1. The first-order chi connectivity index (χ1) is 23.0. The summed E-state index contributed by atoms with van der Waals surface area (Å²) >= 11 is 0. The average molecular weight is 614 g/mol. The van der Waals surface area contributed by atoms with Crippen LogP contribution >= 0.6 is 0 Å². The Kier molecular flexibility index (Phi) is 7.70. The molecule has 0 spiro atoms. The van der Waals surface area contributed by atoms with Crippen molar-refractivity contribution in [2.45, 2.75) is 0 Å². The van der Waals surface area contributed by atoms with E-state index in [9.17, 15) is 19.2 Å². The summed E-state index contributed by atoms with van der Waals surface area (Å²) in [7, 11) is 0. The van der Waals surface area contributed by atoms with E-state index in [1.807, 2.05) is 109 Å². The summed E-state index contributed by atoms with van der Waals surface area (Å²) in [5, 5.41) is 5.91. The minimum absolute atomic E-state index is 0.116. The number of hydrogen-bond donors (Lipinski definition) is 2. The molecule has 6 aromatic carbocycles. The predicted molar refractivity (Wildman–Crippen MR) is 184 cm³/mol. The van der Waals surface area contributed by atoms with Crippen molar-refractivity contribution in [2.24, 2.45) is 0 Å². The molecule has 0 unspecified atom stereocenters. The van der Waals surface area contributed by atoms with Gasteiger partial charge >= 0.3 is 0 Å². The second-order valence-corrected chi connectivity index (χ2v) is 11.0. The van der Waals surface area contributed by atoms with Crippen molar-refractivity contribution in [3.8, 4) is 22.3 Å². The molecule has 4 amide bonds. The van der Waals surface area contributed by atoms with Gasteiger partial charge in [0.15, 0.2) is 0 Å². The number of benzene rings is 6. The second-order valence-electron chi connectivity index (χ2n) is 11.0. The van der Waals surface area contributed by atoms with E-state index in [0.717, 1.165) is 27.2 Å². The van der Waals surface area contributed by atoms with Crippen LogP contribution in [0.4, 0.5) is 17.1 Å². The number of carbonyl (C=O) groups excluding carboxylic acids is 4. The molecule has 0 aromatic heterocycles. The van der Waals surface area contributed by atoms with Gasteiger partial charge in [0.25, 0.3) is 23.6 Å². The summed E-state index contributed by atoms with van der Waals surface area (Å²) < 4.78 is 0. The average Bonchev–Trinajstić information content (AvgIpc) is 3.37. The van der Waals surface area contributed by atoms with Crippen LogP contribution in [0.1, 0.15) is 41.4 Å². The maximum absolute atomic E-state index is 13.6. The van der Waals surface area contributed by atoms with Crippen LogP contribution in [0.3, 0.4) is 0 Å². The number of fused-ring (bicyclic) bond motifs is 1. The highest BCUT2D eigenvalue weighted by molar-refractivity contribution is 6.35. The molecule has 0 saturated heterocycles. The summed E-state index contributed by atoms with van der Waals surface area (Å²) in [6, 6.07) is 45.2. The molecule has 0 fully saturated rings. The van der Waals surface area contributed by atoms with E-state index >= 15 is 0 Å². The lowest BCUT2D eigenvalue weighted by Crippen LogP contribution is -2.29. The van der Waals surface area contributed by atoms with E-state index in [4.69, 9.17) is 0 Å². The Hall–Kier alpha value is -6.60. The lowest BCUT2D eigenvalue weighted by Gasteiger charge is -2.16. The van der Waals surface area contributed by atoms with Crippen LogP contribution < -0.4 is 15.5 Å². The Balaban J connectivity index is 1.12. The van der Waals surface area contributed by atoms with Crippen molar-refractivity contribution in [3.05, 3.63) is 174 Å². The summed E-state index contributed by atoms with van der Waals surface area (Å²) in [5.41, 5.74) is 5.94. The SMILES string of the molecule is O=C(Nc1ccccc1-c1ccccc1)c1cccc(N2C(=O)c3ccc(C(=O)Nc4ccccc4-c4ccccc4)cc3C2=O)c1. The van der Waals surface area contributed by atoms with Crippen LogP contribution in [0.5, 0.6) is 0 Å². The number of imide groups is 1. The number of para-hydroxylation sites is 2. The molecule has 6 aromatic rings. The lowest BCUT2D eigenvalue weighted by molar-refractivity contribution is 0.0923. The number of anilines is 3. The normalized spacial score (nSPS) is 12.0. The predicted octanol–water partition coefficient (Wildman–Crippen LogP) is 8.33. The Morgan fingerprint density at radius 2 is 0.915 bits per heavy atom. The Labute approximate surface area is 271 Å². The largest absolute Gasteiger partial charge is 0.321 e. The van der Waals surface area contributed by atoms with Gasteiger partial charge in [-0.05, 0) is 59.7 Å². The van der Waals surface area contributed by atoms with Crippen molar-refractivity contribution in [1.29, 1.82) is 0 Å². The quantitative estimate of drug-likeness (QED) is 0.177. The zero-order valence-corrected chi connectivity index (χ0v) is 25.0. The minimum Gasteiger partial charge on any atom is -0.321 e. The molecule has 0 atom stereocenters. The third-order valence-corrected chi connectivity index (χ3v) is 8.04. The van der Waals surface area contributed by atoms with Gasteiger partial charge in [0, 0.05) is 33.6 Å². The number of hydrogen-bond acceptors (Lipinski definition) is 4. The van der Waals surface area contributed by atoms with Crippen molar-refractivity contribution in [3.63, 3.8) is 0 Å². The van der Waals surface area contributed by atoms with E-state index in [0.29, 0.717) is 11.4 Å². The Morgan fingerprint density at radius 3 is 1.49 bits per heavy atom. The van der Waals surface area contributed by atoms with Gasteiger partial charge in [-0.3, -0.25) is 19.2 Å². The lowest BCUT2D eigenvalue weighted by atomic mass is 10.0. The molecule has 1 aliphatic heterocycles. The topological polar surface area (TPSA) is 95.6 Å². The van der Waals surface area contributed by atoms with Gasteiger partial charge in [0.05, 0.1) is 16.8 Å². The van der Waals surface area contributed by atoms with Gasteiger partial charge in [-0.15, -0.1) is 0 Å². The molecule has 47 heavy (non-hydrogen) atoms. The molecule has 2 N–H and O–H groups in total. The van der Waals surface area contributed by atoms with Gasteiger partial charge in [0.1, 0.15) is 0 Å². The molecular weight excluding hydrogens is 586 g/mol. The number of amides is 4. The van der Waals surface area contributed by atoms with Crippen LogP contribution in [-0.4, -0.2) is 23.6 Å². The van der Waals surface area contributed by atoms with E-state index in [1.165, 1.54) is 24.3 Å². The van der Waals surface area contributed by atoms with Gasteiger partial charge in [-0.2, -0.15) is 0 Å². The maximum Gasteiger partial charge on any atom is 0.266 e. The van der Waals surface area contributed by atoms with Crippen LogP contribution in [-0.2, 0) is 0 Å². The Morgan fingerprint density at radius 1 is 0.426 bits per heavy atom. The molecule has 226 valence electrons. The molecular formula is C40H27N3O4. The zero-order chi connectivity index (χ0) is 32.3. The number of nitrogens with zero attached hydrogens (tertiary/aromatic N) is 1. The molecule has 0 bridgehead atoms. The summed E-state index contributed by atoms with van der Waals surface area (Å²) in [6.07, 6.45) is 0. The maximum atomic E-state index is 13.6. The van der Waals surface area contributed by atoms with Crippen LogP contribution in [0, 0.1) is 0 Å². The third-order valence-electron chi connectivity index (χ3n) is 8.04. The fourth-order valence-corrected chi connectivity index (χ4v) is 5.71. The third kappa shape index (κ3) is 5.69. The monoisotopic (exact) mass is 613 g/mol. The van der Waals surface area contributed by atoms with Crippen molar-refractivity contribution in [1.82, 2.24) is 0 Å². The first-order valence-corrected chi connectivity index (χ1v) is 15.0. The van der Waals surface area contributed by atoms with Gasteiger partial charge in [-0.25, -0.2) is 4.90 Å². The number of rotatable bonds is 7. The van der Waals surface area contributed by atoms with Crippen LogP contribution in [0.15, 0.2) is 152 Å². The fourth-order valence-electron chi connectivity index (χ4n) is 5.71. The van der Waals surface area contributed by atoms with Crippen LogP contribution in [0.25, 0.3) is 22.3 Å². The molecule has 0 aliphatic carbocycles. The van der Waals surface area contributed by atoms with E-state index in [2.05, 4.69) is 10.6 Å². The molecule has 7 rings (SSSR count). The minimum atomic E-state index is -0.573. The zero-order valence-electron chi connectivity index (χ0n) is 25.0. The molecule has 0 radical (unpaired) electrons. The smallest absolute Gasteiger partial charge is 0.266 e. The summed E-state index contributed by atoms with van der Waals surface area (Å²) in [6.45, 7) is 0. The van der Waals surface area contributed by atoms with Crippen LogP contribution in [0.2, 0.25) is 0 Å². The van der Waals surface area contributed by atoms with Gasteiger partial charge < -0.3 is 10.6 Å². The Bertz CT molecular complexity index is 2180. The van der Waals surface area contributed by atoms with E-state index in [-0.39, 0.29) is 33.8 Å². The molecule has 1 heterocycles. The molecule has 7 nitrogen and oxygen atoms in total. The van der Waals surface area contributed by atoms with E-state index in [1.54, 1.807) is 18.2 Å². The number of carbonyl (C=O) groups is 4. The number of nitrogens with one attached hydrogen (secondary N) is 2. The fraction of sp³-hybridized carbons (Fsp3) is 0. The van der Waals surface area contributed by atoms with Gasteiger partial charge in [-0.1, -0.05) is 103 Å². The standard InChI is InChI=1S/C40H27N3O4/c44-37(41-35-20-9-7-18-31(35)26-12-3-1-4-13-26)28-16-11-17-30(24-28)43-39(46)33-23-22-29(25-34(33)40(43)47)38(45)42-36-21-10-8-19-32(36)27-14-5-2-6-15-27/h1-25H,(H,41,44)(H,42,45). The second kappa shape index (κ2) is 12.4. The van der Waals surface area contributed by atoms with Crippen molar-refractivity contribution < 1.29 is 19.2 Å². The van der Waals surface area contributed by atoms with E-state index < -0.39 is 17.7 Å². The molecule has 0 saturated carbocycles.